The van der Waals surface area contributed by atoms with E-state index < -0.39 is 12.0 Å². The highest BCUT2D eigenvalue weighted by Gasteiger charge is 2.38. The molecule has 2 N–H and O–H groups in total. The highest BCUT2D eigenvalue weighted by Crippen LogP contribution is 2.46. The Balaban J connectivity index is 2.02. The van der Waals surface area contributed by atoms with Crippen molar-refractivity contribution in [2.45, 2.75) is 32.2 Å². The van der Waals surface area contributed by atoms with Gasteiger partial charge in [0.2, 0.25) is 5.91 Å². The molecule has 3 rings (SSSR count). The van der Waals surface area contributed by atoms with Gasteiger partial charge in [-0.25, -0.2) is 4.79 Å². The molecular weight excluding hydrogens is 302 g/mol. The number of hydrogen-bond donors (Lipinski definition) is 2. The van der Waals surface area contributed by atoms with Crippen LogP contribution in [0.15, 0.2) is 48.5 Å². The zero-order valence-corrected chi connectivity index (χ0v) is 13.8. The molecule has 1 aliphatic rings. The number of aliphatic carboxylic acids is 1. The standard InChI is InChI=1S/C20H21NO3/c1-12(2)11-17(22)21-19(20(23)24)18-15-9-5-3-7-13(15)14-8-4-6-10-16(14)18/h3-10,12,18-19H,11H2,1-2H3,(H,21,22)(H,23,24)/t19-/m1/s1. The van der Waals surface area contributed by atoms with Crippen LogP contribution in [0, 0.1) is 5.92 Å². The van der Waals surface area contributed by atoms with Gasteiger partial charge in [-0.15, -0.1) is 0 Å². The maximum absolute atomic E-state index is 12.2. The van der Waals surface area contributed by atoms with E-state index >= 15 is 0 Å². The summed E-state index contributed by atoms with van der Waals surface area (Å²) in [5.41, 5.74) is 4.00. The molecule has 1 aliphatic carbocycles. The maximum Gasteiger partial charge on any atom is 0.327 e. The van der Waals surface area contributed by atoms with Gasteiger partial charge in [-0.2, -0.15) is 0 Å². The molecule has 1 amide bonds. The second-order valence-corrected chi connectivity index (χ2v) is 6.63. The molecule has 0 spiro atoms. The van der Waals surface area contributed by atoms with Crippen molar-refractivity contribution < 1.29 is 14.7 Å². The van der Waals surface area contributed by atoms with Crippen LogP contribution in [0.1, 0.15) is 37.3 Å². The highest BCUT2D eigenvalue weighted by atomic mass is 16.4. The fourth-order valence-corrected chi connectivity index (χ4v) is 3.44. The maximum atomic E-state index is 12.2. The molecular formula is C20H21NO3. The van der Waals surface area contributed by atoms with Gasteiger partial charge in [0.05, 0.1) is 0 Å². The van der Waals surface area contributed by atoms with E-state index in [0.29, 0.717) is 6.42 Å². The Morgan fingerprint density at radius 1 is 1.00 bits per heavy atom. The molecule has 0 unspecified atom stereocenters. The van der Waals surface area contributed by atoms with E-state index in [0.717, 1.165) is 22.3 Å². The zero-order valence-electron chi connectivity index (χ0n) is 13.8. The van der Waals surface area contributed by atoms with Crippen molar-refractivity contribution in [3.05, 3.63) is 59.7 Å². The lowest BCUT2D eigenvalue weighted by Crippen LogP contribution is -2.45. The summed E-state index contributed by atoms with van der Waals surface area (Å²) in [5, 5.41) is 12.5. The molecule has 1 atom stereocenters. The fourth-order valence-electron chi connectivity index (χ4n) is 3.44. The number of nitrogens with one attached hydrogen (secondary N) is 1. The smallest absolute Gasteiger partial charge is 0.327 e. The number of carbonyl (C=O) groups excluding carboxylic acids is 1. The molecule has 0 saturated heterocycles. The van der Waals surface area contributed by atoms with Gasteiger partial charge < -0.3 is 10.4 Å². The third-order valence-electron chi connectivity index (χ3n) is 4.39. The molecule has 2 aromatic rings. The van der Waals surface area contributed by atoms with Gasteiger partial charge in [0, 0.05) is 12.3 Å². The Labute approximate surface area is 141 Å². The third-order valence-corrected chi connectivity index (χ3v) is 4.39. The number of benzene rings is 2. The molecule has 0 heterocycles. The average Bonchev–Trinajstić information content (AvgIpc) is 2.86. The first-order valence-corrected chi connectivity index (χ1v) is 8.19. The number of carboxylic acids is 1. The average molecular weight is 323 g/mol. The van der Waals surface area contributed by atoms with Gasteiger partial charge in [0.25, 0.3) is 0 Å². The first kappa shape index (κ1) is 16.2. The van der Waals surface area contributed by atoms with Crippen LogP contribution in [-0.2, 0) is 9.59 Å². The van der Waals surface area contributed by atoms with Crippen LogP contribution >= 0.6 is 0 Å². The first-order chi connectivity index (χ1) is 11.5. The number of hydrogen-bond acceptors (Lipinski definition) is 2. The minimum atomic E-state index is -1.01. The Kier molecular flexibility index (Phi) is 4.38. The summed E-state index contributed by atoms with van der Waals surface area (Å²) < 4.78 is 0. The van der Waals surface area contributed by atoms with Crippen molar-refractivity contribution >= 4 is 11.9 Å². The summed E-state index contributed by atoms with van der Waals surface area (Å²) in [6.07, 6.45) is 0.319. The van der Waals surface area contributed by atoms with E-state index in [4.69, 9.17) is 0 Å². The minimum absolute atomic E-state index is 0.183. The second kappa shape index (κ2) is 6.48. The molecule has 0 aromatic heterocycles. The third kappa shape index (κ3) is 2.92. The van der Waals surface area contributed by atoms with Crippen molar-refractivity contribution in [1.82, 2.24) is 5.32 Å². The molecule has 0 saturated carbocycles. The quantitative estimate of drug-likeness (QED) is 0.886. The summed E-state index contributed by atoms with van der Waals surface area (Å²) in [7, 11) is 0. The summed E-state index contributed by atoms with van der Waals surface area (Å²) in [6, 6.07) is 14.7. The number of carbonyl (C=O) groups is 2. The van der Waals surface area contributed by atoms with Crippen molar-refractivity contribution in [3.8, 4) is 11.1 Å². The summed E-state index contributed by atoms with van der Waals surface area (Å²) >= 11 is 0. The predicted molar refractivity (Wildman–Crippen MR) is 92.7 cm³/mol. The Morgan fingerprint density at radius 3 is 1.96 bits per heavy atom. The monoisotopic (exact) mass is 323 g/mol. The van der Waals surface area contributed by atoms with Crippen LogP contribution in [0.4, 0.5) is 0 Å². The molecule has 4 heteroatoms. The van der Waals surface area contributed by atoms with Crippen LogP contribution in [0.3, 0.4) is 0 Å². The van der Waals surface area contributed by atoms with Crippen molar-refractivity contribution in [2.24, 2.45) is 5.92 Å². The van der Waals surface area contributed by atoms with E-state index in [1.54, 1.807) is 0 Å². The van der Waals surface area contributed by atoms with E-state index in [1.165, 1.54) is 0 Å². The summed E-state index contributed by atoms with van der Waals surface area (Å²) in [5.74, 6) is -1.42. The van der Waals surface area contributed by atoms with E-state index in [2.05, 4.69) is 5.32 Å². The van der Waals surface area contributed by atoms with Gasteiger partial charge in [0.15, 0.2) is 0 Å². The van der Waals surface area contributed by atoms with Gasteiger partial charge in [-0.05, 0) is 28.2 Å². The Morgan fingerprint density at radius 2 is 1.50 bits per heavy atom. The Hall–Kier alpha value is -2.62. The molecule has 24 heavy (non-hydrogen) atoms. The molecule has 124 valence electrons. The number of amides is 1. The van der Waals surface area contributed by atoms with Gasteiger partial charge >= 0.3 is 5.97 Å². The molecule has 4 nitrogen and oxygen atoms in total. The van der Waals surface area contributed by atoms with Crippen molar-refractivity contribution in [1.29, 1.82) is 0 Å². The topological polar surface area (TPSA) is 66.4 Å². The number of fused-ring (bicyclic) bond motifs is 3. The van der Waals surface area contributed by atoms with Crippen LogP contribution in [0.2, 0.25) is 0 Å². The van der Waals surface area contributed by atoms with Crippen molar-refractivity contribution in [2.75, 3.05) is 0 Å². The largest absolute Gasteiger partial charge is 0.480 e. The molecule has 0 aliphatic heterocycles. The second-order valence-electron chi connectivity index (χ2n) is 6.63. The summed E-state index contributed by atoms with van der Waals surface area (Å²) in [6.45, 7) is 3.88. The lowest BCUT2D eigenvalue weighted by molar-refractivity contribution is -0.142. The highest BCUT2D eigenvalue weighted by molar-refractivity contribution is 5.88. The van der Waals surface area contributed by atoms with Crippen LogP contribution in [-0.4, -0.2) is 23.0 Å². The summed E-state index contributed by atoms with van der Waals surface area (Å²) in [4.78, 5) is 24.1. The molecule has 2 aromatic carbocycles. The number of rotatable bonds is 5. The lowest BCUT2D eigenvalue weighted by atomic mass is 9.89. The molecule has 0 fully saturated rings. The normalized spacial score (nSPS) is 14.1. The van der Waals surface area contributed by atoms with Gasteiger partial charge in [-0.3, -0.25) is 4.79 Å². The first-order valence-electron chi connectivity index (χ1n) is 8.19. The van der Waals surface area contributed by atoms with Gasteiger partial charge in [-0.1, -0.05) is 62.4 Å². The van der Waals surface area contributed by atoms with Crippen LogP contribution in [0.25, 0.3) is 11.1 Å². The number of carboxylic acid groups (broad SMARTS) is 1. The zero-order chi connectivity index (χ0) is 17.3. The van der Waals surface area contributed by atoms with E-state index in [-0.39, 0.29) is 17.7 Å². The van der Waals surface area contributed by atoms with E-state index in [1.807, 2.05) is 62.4 Å². The SMILES string of the molecule is CC(C)CC(=O)N[C@@H](C(=O)O)C1c2ccccc2-c2ccccc21. The fraction of sp³-hybridized carbons (Fsp3) is 0.300. The minimum Gasteiger partial charge on any atom is -0.480 e. The van der Waals surface area contributed by atoms with Crippen LogP contribution < -0.4 is 5.32 Å². The van der Waals surface area contributed by atoms with Gasteiger partial charge in [0.1, 0.15) is 6.04 Å². The molecule has 0 radical (unpaired) electrons. The predicted octanol–water partition coefficient (Wildman–Crippen LogP) is 3.41. The lowest BCUT2D eigenvalue weighted by Gasteiger charge is -2.23. The van der Waals surface area contributed by atoms with E-state index in [9.17, 15) is 14.7 Å². The van der Waals surface area contributed by atoms with Crippen molar-refractivity contribution in [3.63, 3.8) is 0 Å². The van der Waals surface area contributed by atoms with Crippen LogP contribution in [0.5, 0.6) is 0 Å². The molecule has 0 bridgehead atoms. The Bertz CT molecular complexity index is 736.